The fourth-order valence-corrected chi connectivity index (χ4v) is 3.04. The first-order valence-corrected chi connectivity index (χ1v) is 8.41. The van der Waals surface area contributed by atoms with Crippen LogP contribution in [0, 0.1) is 10.1 Å². The molecule has 2 aromatic rings. The van der Waals surface area contributed by atoms with Gasteiger partial charge in [-0.25, -0.2) is 0 Å². The number of non-ortho nitro benzene ring substituents is 1. The third-order valence-corrected chi connectivity index (χ3v) is 4.33. The molecule has 5 nitrogen and oxygen atoms in total. The molecule has 2 aromatic carbocycles. The highest BCUT2D eigenvalue weighted by atomic mass is 16.6. The van der Waals surface area contributed by atoms with Crippen molar-refractivity contribution in [3.63, 3.8) is 0 Å². The van der Waals surface area contributed by atoms with Crippen LogP contribution in [0.25, 0.3) is 12.2 Å². The first-order chi connectivity index (χ1) is 12.6. The van der Waals surface area contributed by atoms with Crippen LogP contribution in [0.5, 0.6) is 5.75 Å². The van der Waals surface area contributed by atoms with Crippen molar-refractivity contribution in [2.45, 2.75) is 19.3 Å². The number of Topliss-reactive ketones (excluding diaryl/α,β-unsaturated/α-hetero) is 1. The molecule has 1 aliphatic carbocycles. The second-order valence-corrected chi connectivity index (χ2v) is 6.15. The zero-order chi connectivity index (χ0) is 18.5. The van der Waals surface area contributed by atoms with E-state index in [9.17, 15) is 14.9 Å². The molecule has 0 atom stereocenters. The molecule has 0 radical (unpaired) electrons. The minimum absolute atomic E-state index is 0.00516. The largest absolute Gasteiger partial charge is 0.497 e. The molecule has 132 valence electrons. The highest BCUT2D eigenvalue weighted by Crippen LogP contribution is 2.29. The Kier molecular flexibility index (Phi) is 5.27. The quantitative estimate of drug-likeness (QED) is 0.451. The molecule has 0 unspecified atom stereocenters. The molecule has 26 heavy (non-hydrogen) atoms. The molecule has 3 rings (SSSR count). The third kappa shape index (κ3) is 4.06. The molecule has 1 aliphatic rings. The number of nitro groups is 1. The van der Waals surface area contributed by atoms with E-state index in [1.54, 1.807) is 25.3 Å². The summed E-state index contributed by atoms with van der Waals surface area (Å²) in [7, 11) is 1.61. The Morgan fingerprint density at radius 3 is 2.23 bits per heavy atom. The van der Waals surface area contributed by atoms with Gasteiger partial charge in [0.1, 0.15) is 5.75 Å². The summed E-state index contributed by atoms with van der Waals surface area (Å²) >= 11 is 0. The Morgan fingerprint density at radius 2 is 1.62 bits per heavy atom. The molecule has 1 fully saturated rings. The first kappa shape index (κ1) is 17.6. The van der Waals surface area contributed by atoms with E-state index in [0.29, 0.717) is 17.6 Å². The van der Waals surface area contributed by atoms with Crippen molar-refractivity contribution in [2.24, 2.45) is 0 Å². The number of ketones is 1. The summed E-state index contributed by atoms with van der Waals surface area (Å²) in [4.78, 5) is 23.3. The lowest BCUT2D eigenvalue weighted by atomic mass is 9.87. The smallest absolute Gasteiger partial charge is 0.270 e. The van der Waals surface area contributed by atoms with Gasteiger partial charge in [-0.2, -0.15) is 0 Å². The van der Waals surface area contributed by atoms with Crippen LogP contribution in [0.1, 0.15) is 30.4 Å². The van der Waals surface area contributed by atoms with Gasteiger partial charge in [-0.15, -0.1) is 0 Å². The molecular weight excluding hydrogens is 330 g/mol. The molecule has 0 aromatic heterocycles. The number of benzene rings is 2. The summed E-state index contributed by atoms with van der Waals surface area (Å²) < 4.78 is 5.22. The minimum Gasteiger partial charge on any atom is -0.497 e. The average Bonchev–Trinajstić information content (AvgIpc) is 2.65. The normalized spacial score (nSPS) is 17.5. The van der Waals surface area contributed by atoms with E-state index in [1.807, 2.05) is 30.3 Å². The maximum atomic E-state index is 12.8. The molecule has 0 saturated heterocycles. The summed E-state index contributed by atoms with van der Waals surface area (Å²) in [5.41, 5.74) is 3.05. The van der Waals surface area contributed by atoms with Crippen LogP contribution >= 0.6 is 0 Å². The molecule has 1 saturated carbocycles. The topological polar surface area (TPSA) is 69.4 Å². The zero-order valence-electron chi connectivity index (χ0n) is 14.5. The Morgan fingerprint density at radius 1 is 1.00 bits per heavy atom. The van der Waals surface area contributed by atoms with Crippen molar-refractivity contribution < 1.29 is 14.5 Å². The highest BCUT2D eigenvalue weighted by molar-refractivity contribution is 6.14. The lowest BCUT2D eigenvalue weighted by Crippen LogP contribution is -2.12. The van der Waals surface area contributed by atoms with Gasteiger partial charge in [0.25, 0.3) is 5.69 Å². The van der Waals surface area contributed by atoms with E-state index in [2.05, 4.69) is 0 Å². The van der Waals surface area contributed by atoms with Gasteiger partial charge in [-0.05, 0) is 54.7 Å². The maximum absolute atomic E-state index is 12.8. The summed E-state index contributed by atoms with van der Waals surface area (Å²) in [6.45, 7) is 0. The summed E-state index contributed by atoms with van der Waals surface area (Å²) in [6.07, 6.45) is 5.93. The van der Waals surface area contributed by atoms with E-state index in [1.165, 1.54) is 12.1 Å². The van der Waals surface area contributed by atoms with E-state index in [-0.39, 0.29) is 11.5 Å². The average molecular weight is 349 g/mol. The third-order valence-electron chi connectivity index (χ3n) is 4.33. The Bertz CT molecular complexity index is 912. The standard InChI is InChI=1S/C21H19NO4/c1-26-20-10-3-6-16(14-20)12-18-8-4-7-17(21(18)23)11-15-5-2-9-19(13-15)22(24)25/h2-3,5-6,9-14H,4,7-8H2,1H3/b17-11+,18-12+. The van der Waals surface area contributed by atoms with Gasteiger partial charge in [0.15, 0.2) is 5.78 Å². The number of hydrogen-bond donors (Lipinski definition) is 0. The fraction of sp³-hybridized carbons (Fsp3) is 0.190. The van der Waals surface area contributed by atoms with Crippen LogP contribution in [0.2, 0.25) is 0 Å². The van der Waals surface area contributed by atoms with Crippen molar-refractivity contribution in [1.82, 2.24) is 0 Å². The SMILES string of the molecule is COc1cccc(/C=C2\CCC/C(=C\c3cccc([N+](=O)[O-])c3)C2=O)c1. The van der Waals surface area contributed by atoms with Crippen LogP contribution in [-0.2, 0) is 4.79 Å². The van der Waals surface area contributed by atoms with Gasteiger partial charge in [-0.3, -0.25) is 14.9 Å². The van der Waals surface area contributed by atoms with Crippen molar-refractivity contribution in [3.8, 4) is 5.75 Å². The maximum Gasteiger partial charge on any atom is 0.270 e. The lowest BCUT2D eigenvalue weighted by Gasteiger charge is -2.16. The van der Waals surface area contributed by atoms with Gasteiger partial charge < -0.3 is 4.74 Å². The summed E-state index contributed by atoms with van der Waals surface area (Å²) in [5.74, 6) is 0.751. The monoisotopic (exact) mass is 349 g/mol. The molecule has 0 bridgehead atoms. The molecule has 0 spiro atoms. The number of nitro benzene ring substituents is 1. The van der Waals surface area contributed by atoms with Gasteiger partial charge in [0, 0.05) is 23.3 Å². The predicted octanol–water partition coefficient (Wildman–Crippen LogP) is 4.82. The van der Waals surface area contributed by atoms with Crippen molar-refractivity contribution in [3.05, 3.63) is 80.9 Å². The fourth-order valence-electron chi connectivity index (χ4n) is 3.04. The number of carbonyl (C=O) groups is 1. The van der Waals surface area contributed by atoms with Crippen LogP contribution in [0.3, 0.4) is 0 Å². The Hall–Kier alpha value is -3.21. The predicted molar refractivity (Wildman–Crippen MR) is 101 cm³/mol. The van der Waals surface area contributed by atoms with E-state index in [0.717, 1.165) is 29.7 Å². The minimum atomic E-state index is -0.432. The second-order valence-electron chi connectivity index (χ2n) is 6.15. The van der Waals surface area contributed by atoms with E-state index in [4.69, 9.17) is 4.74 Å². The number of hydrogen-bond acceptors (Lipinski definition) is 4. The summed E-state index contributed by atoms with van der Waals surface area (Å²) in [5, 5.41) is 10.9. The summed E-state index contributed by atoms with van der Waals surface area (Å²) in [6, 6.07) is 13.9. The first-order valence-electron chi connectivity index (χ1n) is 8.41. The molecule has 5 heteroatoms. The Balaban J connectivity index is 1.88. The molecule has 0 amide bonds. The van der Waals surface area contributed by atoms with Crippen molar-refractivity contribution >= 4 is 23.6 Å². The van der Waals surface area contributed by atoms with E-state index >= 15 is 0 Å². The number of allylic oxidation sites excluding steroid dienone is 2. The van der Waals surface area contributed by atoms with Gasteiger partial charge in [0.2, 0.25) is 0 Å². The molecule has 0 heterocycles. The Labute approximate surface area is 151 Å². The molecular formula is C21H19NO4. The van der Waals surface area contributed by atoms with Crippen molar-refractivity contribution in [2.75, 3.05) is 7.11 Å². The van der Waals surface area contributed by atoms with Gasteiger partial charge in [0.05, 0.1) is 12.0 Å². The highest BCUT2D eigenvalue weighted by Gasteiger charge is 2.20. The van der Waals surface area contributed by atoms with Gasteiger partial charge in [-0.1, -0.05) is 24.3 Å². The van der Waals surface area contributed by atoms with Crippen LogP contribution in [-0.4, -0.2) is 17.8 Å². The number of carbonyl (C=O) groups excluding carboxylic acids is 1. The lowest BCUT2D eigenvalue weighted by molar-refractivity contribution is -0.384. The molecule has 0 aliphatic heterocycles. The van der Waals surface area contributed by atoms with Gasteiger partial charge >= 0.3 is 0 Å². The second kappa shape index (κ2) is 7.78. The van der Waals surface area contributed by atoms with E-state index < -0.39 is 4.92 Å². The van der Waals surface area contributed by atoms with Crippen LogP contribution in [0.4, 0.5) is 5.69 Å². The molecule has 0 N–H and O–H groups in total. The number of rotatable bonds is 4. The van der Waals surface area contributed by atoms with Crippen molar-refractivity contribution in [1.29, 1.82) is 0 Å². The number of methoxy groups -OCH3 is 1. The van der Waals surface area contributed by atoms with Crippen LogP contribution < -0.4 is 4.74 Å². The van der Waals surface area contributed by atoms with Crippen LogP contribution in [0.15, 0.2) is 59.7 Å². The number of ether oxygens (including phenoxy) is 1. The zero-order valence-corrected chi connectivity index (χ0v) is 14.5. The number of nitrogens with zero attached hydrogens (tertiary/aromatic N) is 1.